The summed E-state index contributed by atoms with van der Waals surface area (Å²) in [5.74, 6) is -0.425. The third kappa shape index (κ3) is 6.58. The SMILES string of the molecule is COc1cncc(-c2ccc(O[C@@H]3SC[C@@H](OC(C)=O)[C@H](OC(C)=O)[C@H]3OC(C)=O)cn2)c1. The molecule has 3 heterocycles. The van der Waals surface area contributed by atoms with Crippen LogP contribution < -0.4 is 9.47 Å². The molecule has 0 spiro atoms. The van der Waals surface area contributed by atoms with E-state index in [2.05, 4.69) is 9.97 Å². The molecule has 1 aliphatic heterocycles. The van der Waals surface area contributed by atoms with Gasteiger partial charge in [-0.15, -0.1) is 11.8 Å². The molecular formula is C22H24N2O8S. The molecule has 33 heavy (non-hydrogen) atoms. The Morgan fingerprint density at radius 1 is 0.909 bits per heavy atom. The normalized spacial score (nSPS) is 22.1. The first-order chi connectivity index (χ1) is 15.8. The maximum atomic E-state index is 11.8. The van der Waals surface area contributed by atoms with E-state index in [0.717, 1.165) is 5.56 Å². The van der Waals surface area contributed by atoms with Gasteiger partial charge < -0.3 is 23.7 Å². The highest BCUT2D eigenvalue weighted by atomic mass is 32.2. The summed E-state index contributed by atoms with van der Waals surface area (Å²) in [7, 11) is 1.56. The van der Waals surface area contributed by atoms with E-state index in [1.165, 1.54) is 38.7 Å². The third-order valence-electron chi connectivity index (χ3n) is 4.54. The molecule has 176 valence electrons. The molecule has 1 fully saturated rings. The number of ether oxygens (including phenoxy) is 5. The van der Waals surface area contributed by atoms with Gasteiger partial charge in [-0.2, -0.15) is 0 Å². The Balaban J connectivity index is 1.80. The van der Waals surface area contributed by atoms with Crippen molar-refractivity contribution in [3.63, 3.8) is 0 Å². The van der Waals surface area contributed by atoms with Gasteiger partial charge in [0.2, 0.25) is 0 Å². The molecule has 0 amide bonds. The van der Waals surface area contributed by atoms with Crippen molar-refractivity contribution in [3.05, 3.63) is 36.8 Å². The molecular weight excluding hydrogens is 452 g/mol. The van der Waals surface area contributed by atoms with Crippen molar-refractivity contribution in [2.45, 2.75) is 44.5 Å². The van der Waals surface area contributed by atoms with Crippen LogP contribution in [0.2, 0.25) is 0 Å². The van der Waals surface area contributed by atoms with Crippen LogP contribution in [0.15, 0.2) is 36.8 Å². The standard InChI is InChI=1S/C22H24N2O8S/c1-12(25)29-19-11-33-22(21(31-14(3)27)20(19)30-13(2)26)32-16-5-6-18(24-10-16)15-7-17(28-4)9-23-8-15/h5-10,19-22H,11H2,1-4H3/t19-,20+,21-,22-/m1/s1. The zero-order valence-electron chi connectivity index (χ0n) is 18.5. The summed E-state index contributed by atoms with van der Waals surface area (Å²) < 4.78 is 27.3. The zero-order valence-corrected chi connectivity index (χ0v) is 19.4. The summed E-state index contributed by atoms with van der Waals surface area (Å²) in [6.07, 6.45) is 1.98. The molecule has 0 N–H and O–H groups in total. The van der Waals surface area contributed by atoms with Crippen LogP contribution in [-0.4, -0.2) is 64.5 Å². The lowest BCUT2D eigenvalue weighted by molar-refractivity contribution is -0.186. The third-order valence-corrected chi connectivity index (χ3v) is 5.75. The number of hydrogen-bond donors (Lipinski definition) is 0. The summed E-state index contributed by atoms with van der Waals surface area (Å²) in [4.78, 5) is 43.5. The average molecular weight is 477 g/mol. The molecule has 3 rings (SSSR count). The van der Waals surface area contributed by atoms with Gasteiger partial charge in [0.1, 0.15) is 11.5 Å². The molecule has 0 radical (unpaired) electrons. The Morgan fingerprint density at radius 3 is 2.21 bits per heavy atom. The molecule has 2 aromatic rings. The quantitative estimate of drug-likeness (QED) is 0.432. The van der Waals surface area contributed by atoms with Crippen molar-refractivity contribution in [2.75, 3.05) is 12.9 Å². The monoisotopic (exact) mass is 476 g/mol. The van der Waals surface area contributed by atoms with E-state index in [4.69, 9.17) is 23.7 Å². The van der Waals surface area contributed by atoms with Gasteiger partial charge in [0.15, 0.2) is 23.7 Å². The van der Waals surface area contributed by atoms with E-state index < -0.39 is 41.7 Å². The van der Waals surface area contributed by atoms with Crippen LogP contribution in [0.1, 0.15) is 20.8 Å². The lowest BCUT2D eigenvalue weighted by Crippen LogP contribution is -2.55. The number of nitrogens with zero attached hydrogens (tertiary/aromatic N) is 2. The summed E-state index contributed by atoms with van der Waals surface area (Å²) in [6.45, 7) is 3.72. The first kappa shape index (κ1) is 24.3. The fourth-order valence-electron chi connectivity index (χ4n) is 3.24. The smallest absolute Gasteiger partial charge is 0.303 e. The number of hydrogen-bond acceptors (Lipinski definition) is 11. The van der Waals surface area contributed by atoms with Crippen molar-refractivity contribution in [1.29, 1.82) is 0 Å². The van der Waals surface area contributed by atoms with Gasteiger partial charge in [0.25, 0.3) is 0 Å². The second kappa shape index (κ2) is 11.0. The van der Waals surface area contributed by atoms with E-state index in [1.807, 2.05) is 6.07 Å². The molecule has 1 saturated heterocycles. The van der Waals surface area contributed by atoms with Crippen molar-refractivity contribution in [3.8, 4) is 22.8 Å². The molecule has 0 bridgehead atoms. The largest absolute Gasteiger partial charge is 0.495 e. The lowest BCUT2D eigenvalue weighted by atomic mass is 10.1. The molecule has 0 unspecified atom stereocenters. The predicted molar refractivity (Wildman–Crippen MR) is 118 cm³/mol. The fourth-order valence-corrected chi connectivity index (χ4v) is 4.45. The number of thioether (sulfide) groups is 1. The number of carbonyl (C=O) groups excluding carboxylic acids is 3. The van der Waals surface area contributed by atoms with Gasteiger partial charge in [-0.25, -0.2) is 0 Å². The van der Waals surface area contributed by atoms with E-state index in [1.54, 1.807) is 31.6 Å². The van der Waals surface area contributed by atoms with Crippen LogP contribution in [-0.2, 0) is 28.6 Å². The van der Waals surface area contributed by atoms with Crippen molar-refractivity contribution >= 4 is 29.7 Å². The number of methoxy groups -OCH3 is 1. The van der Waals surface area contributed by atoms with Gasteiger partial charge in [-0.1, -0.05) is 0 Å². The summed E-state index contributed by atoms with van der Waals surface area (Å²) in [6, 6.07) is 5.28. The van der Waals surface area contributed by atoms with Crippen LogP contribution in [0.25, 0.3) is 11.3 Å². The van der Waals surface area contributed by atoms with Gasteiger partial charge in [-0.3, -0.25) is 24.4 Å². The molecule has 0 aliphatic carbocycles. The first-order valence-corrected chi connectivity index (χ1v) is 11.1. The topological polar surface area (TPSA) is 123 Å². The van der Waals surface area contributed by atoms with E-state index in [-0.39, 0.29) is 5.75 Å². The van der Waals surface area contributed by atoms with E-state index in [0.29, 0.717) is 17.2 Å². The predicted octanol–water partition coefficient (Wildman–Crippen LogP) is 2.40. The van der Waals surface area contributed by atoms with E-state index in [9.17, 15) is 14.4 Å². The first-order valence-electron chi connectivity index (χ1n) is 10.0. The van der Waals surface area contributed by atoms with Gasteiger partial charge >= 0.3 is 17.9 Å². The lowest BCUT2D eigenvalue weighted by Gasteiger charge is -2.39. The minimum absolute atomic E-state index is 0.279. The fraction of sp³-hybridized carbons (Fsp3) is 0.409. The second-order valence-corrected chi connectivity index (χ2v) is 8.24. The van der Waals surface area contributed by atoms with Gasteiger partial charge in [0.05, 0.1) is 25.2 Å². The minimum Gasteiger partial charge on any atom is -0.495 e. The maximum Gasteiger partial charge on any atom is 0.303 e. The summed E-state index contributed by atoms with van der Waals surface area (Å²) in [5, 5.41) is 0. The van der Waals surface area contributed by atoms with Crippen LogP contribution in [0.3, 0.4) is 0 Å². The molecule has 2 aromatic heterocycles. The van der Waals surface area contributed by atoms with Gasteiger partial charge in [-0.05, 0) is 18.2 Å². The Kier molecular flexibility index (Phi) is 8.10. The molecule has 4 atom stereocenters. The second-order valence-electron chi connectivity index (χ2n) is 7.11. The molecule has 11 heteroatoms. The van der Waals surface area contributed by atoms with E-state index >= 15 is 0 Å². The number of esters is 3. The molecule has 1 aliphatic rings. The highest BCUT2D eigenvalue weighted by molar-refractivity contribution is 7.99. The summed E-state index contributed by atoms with van der Waals surface area (Å²) >= 11 is 1.27. The minimum atomic E-state index is -1.02. The van der Waals surface area contributed by atoms with Crippen LogP contribution in [0.4, 0.5) is 0 Å². The van der Waals surface area contributed by atoms with Crippen LogP contribution in [0.5, 0.6) is 11.5 Å². The Hall–Kier alpha value is -3.34. The number of pyridine rings is 2. The van der Waals surface area contributed by atoms with Crippen LogP contribution >= 0.6 is 11.8 Å². The van der Waals surface area contributed by atoms with Crippen molar-refractivity contribution in [1.82, 2.24) is 9.97 Å². The Labute approximate surface area is 194 Å². The summed E-state index contributed by atoms with van der Waals surface area (Å²) in [5.41, 5.74) is 0.704. The molecule has 0 aromatic carbocycles. The van der Waals surface area contributed by atoms with Crippen molar-refractivity contribution < 1.29 is 38.1 Å². The molecule has 10 nitrogen and oxygen atoms in total. The molecule has 0 saturated carbocycles. The van der Waals surface area contributed by atoms with Crippen LogP contribution in [0, 0.1) is 0 Å². The number of aromatic nitrogens is 2. The maximum absolute atomic E-state index is 11.8. The Bertz CT molecular complexity index is 1000. The highest BCUT2D eigenvalue weighted by Crippen LogP contribution is 2.34. The van der Waals surface area contributed by atoms with Gasteiger partial charge in [0, 0.05) is 38.3 Å². The highest BCUT2D eigenvalue weighted by Gasteiger charge is 2.47. The zero-order chi connectivity index (χ0) is 24.0. The number of carbonyl (C=O) groups is 3. The number of rotatable bonds is 7. The van der Waals surface area contributed by atoms with Crippen molar-refractivity contribution in [2.24, 2.45) is 0 Å². The average Bonchev–Trinajstić information content (AvgIpc) is 2.77. The Morgan fingerprint density at radius 2 is 1.61 bits per heavy atom.